The molecule has 0 spiro atoms. The molecule has 1 fully saturated rings. The van der Waals surface area contributed by atoms with E-state index < -0.39 is 0 Å². The molecule has 0 bridgehead atoms. The van der Waals surface area contributed by atoms with Crippen LogP contribution in [-0.2, 0) is 0 Å². The zero-order chi connectivity index (χ0) is 6.69. The van der Waals surface area contributed by atoms with E-state index in [1.807, 2.05) is 6.20 Å². The molecule has 52 valence electrons. The second-order valence-corrected chi connectivity index (χ2v) is 2.51. The molecule has 1 aliphatic carbocycles. The highest BCUT2D eigenvalue weighted by atomic mass is 14.9. The van der Waals surface area contributed by atoms with Gasteiger partial charge in [0.1, 0.15) is 0 Å². The van der Waals surface area contributed by atoms with E-state index in [4.69, 9.17) is 5.73 Å². The Labute approximate surface area is 56.1 Å². The summed E-state index contributed by atoms with van der Waals surface area (Å²) < 4.78 is 0. The second-order valence-electron chi connectivity index (χ2n) is 2.51. The van der Waals surface area contributed by atoms with Gasteiger partial charge in [0, 0.05) is 17.9 Å². The molecular weight excluding hydrogens is 112 g/mol. The average molecular weight is 126 g/mol. The topological polar surface area (TPSA) is 38.0 Å². The Kier molecular flexibility index (Phi) is 1.98. The molecule has 3 N–H and O–H groups in total. The van der Waals surface area contributed by atoms with Crippen LogP contribution in [0.15, 0.2) is 11.9 Å². The van der Waals surface area contributed by atoms with E-state index in [1.165, 1.54) is 12.8 Å². The van der Waals surface area contributed by atoms with Crippen molar-refractivity contribution in [1.29, 1.82) is 0 Å². The maximum atomic E-state index is 5.55. The van der Waals surface area contributed by atoms with E-state index >= 15 is 0 Å². The van der Waals surface area contributed by atoms with Gasteiger partial charge in [0.2, 0.25) is 0 Å². The van der Waals surface area contributed by atoms with Gasteiger partial charge in [-0.15, -0.1) is 0 Å². The van der Waals surface area contributed by atoms with E-state index in [2.05, 4.69) is 12.2 Å². The van der Waals surface area contributed by atoms with E-state index in [0.29, 0.717) is 0 Å². The van der Waals surface area contributed by atoms with Crippen molar-refractivity contribution in [2.45, 2.75) is 32.2 Å². The van der Waals surface area contributed by atoms with Gasteiger partial charge in [-0.25, -0.2) is 0 Å². The molecule has 0 saturated heterocycles. The number of hydrogen-bond acceptors (Lipinski definition) is 2. The third-order valence-electron chi connectivity index (χ3n) is 1.49. The number of nitrogens with one attached hydrogen (secondary N) is 1. The first-order chi connectivity index (χ1) is 4.33. The zero-order valence-electron chi connectivity index (χ0n) is 5.85. The molecule has 0 aromatic heterocycles. The summed E-state index contributed by atoms with van der Waals surface area (Å²) >= 11 is 0. The van der Waals surface area contributed by atoms with E-state index in [0.717, 1.165) is 18.2 Å². The Morgan fingerprint density at radius 1 is 1.78 bits per heavy atom. The van der Waals surface area contributed by atoms with Gasteiger partial charge in [-0.2, -0.15) is 0 Å². The maximum absolute atomic E-state index is 5.55. The lowest BCUT2D eigenvalue weighted by molar-refractivity contribution is 0.840. The number of rotatable bonds is 3. The highest BCUT2D eigenvalue weighted by Gasteiger charge is 2.18. The van der Waals surface area contributed by atoms with Gasteiger partial charge in [-0.1, -0.05) is 6.92 Å². The van der Waals surface area contributed by atoms with Crippen LogP contribution in [-0.4, -0.2) is 6.04 Å². The Hall–Kier alpha value is -0.660. The molecular formula is C7H14N2. The van der Waals surface area contributed by atoms with Crippen molar-refractivity contribution in [3.05, 3.63) is 11.9 Å². The molecule has 1 rings (SSSR count). The minimum atomic E-state index is 0.732. The number of nitrogens with two attached hydrogens (primary N) is 1. The Bertz CT molecular complexity index is 114. The predicted octanol–water partition coefficient (Wildman–Crippen LogP) is 0.949. The predicted molar refractivity (Wildman–Crippen MR) is 38.7 cm³/mol. The lowest BCUT2D eigenvalue weighted by atomic mass is 10.4. The van der Waals surface area contributed by atoms with Crippen LogP contribution in [0.4, 0.5) is 0 Å². The summed E-state index contributed by atoms with van der Waals surface area (Å²) in [5, 5.41) is 3.22. The van der Waals surface area contributed by atoms with Crippen LogP contribution in [0.1, 0.15) is 26.2 Å². The first kappa shape index (κ1) is 6.46. The van der Waals surface area contributed by atoms with Crippen LogP contribution in [0.5, 0.6) is 0 Å². The molecule has 1 aliphatic rings. The highest BCUT2D eigenvalue weighted by Crippen LogP contribution is 2.18. The van der Waals surface area contributed by atoms with Crippen LogP contribution >= 0.6 is 0 Å². The van der Waals surface area contributed by atoms with Gasteiger partial charge >= 0.3 is 0 Å². The molecule has 0 amide bonds. The number of allylic oxidation sites excluding steroid dienone is 1. The second kappa shape index (κ2) is 2.76. The molecule has 0 heterocycles. The van der Waals surface area contributed by atoms with Gasteiger partial charge in [0.25, 0.3) is 0 Å². The summed E-state index contributed by atoms with van der Waals surface area (Å²) in [7, 11) is 0. The summed E-state index contributed by atoms with van der Waals surface area (Å²) in [5.41, 5.74) is 6.49. The van der Waals surface area contributed by atoms with Crippen molar-refractivity contribution >= 4 is 0 Å². The fraction of sp³-hybridized carbons (Fsp3) is 0.714. The van der Waals surface area contributed by atoms with Crippen LogP contribution in [0, 0.1) is 0 Å². The van der Waals surface area contributed by atoms with Gasteiger partial charge in [0.15, 0.2) is 0 Å². The fourth-order valence-corrected chi connectivity index (χ4v) is 0.577. The Balaban J connectivity index is 2.12. The van der Waals surface area contributed by atoms with E-state index in [1.54, 1.807) is 0 Å². The number of hydrogen-bond donors (Lipinski definition) is 2. The summed E-state index contributed by atoms with van der Waals surface area (Å²) in [6.45, 7) is 2.06. The quantitative estimate of drug-likeness (QED) is 0.591. The fourth-order valence-electron chi connectivity index (χ4n) is 0.577. The minimum Gasteiger partial charge on any atom is -0.401 e. The minimum absolute atomic E-state index is 0.732. The summed E-state index contributed by atoms with van der Waals surface area (Å²) in [5.74, 6) is 0. The molecule has 1 saturated carbocycles. The van der Waals surface area contributed by atoms with E-state index in [9.17, 15) is 0 Å². The zero-order valence-corrected chi connectivity index (χ0v) is 5.85. The Morgan fingerprint density at radius 2 is 2.44 bits per heavy atom. The Morgan fingerprint density at radius 3 is 2.89 bits per heavy atom. The molecule has 0 aromatic rings. The smallest absolute Gasteiger partial charge is 0.0257 e. The van der Waals surface area contributed by atoms with Gasteiger partial charge in [-0.3, -0.25) is 0 Å². The largest absolute Gasteiger partial charge is 0.401 e. The van der Waals surface area contributed by atoms with Crippen molar-refractivity contribution in [2.75, 3.05) is 0 Å². The molecule has 0 atom stereocenters. The van der Waals surface area contributed by atoms with Gasteiger partial charge in [0.05, 0.1) is 0 Å². The standard InChI is InChI=1S/C7H14N2/c1-2-6(8)5-9-7-3-4-7/h5,7,9H,2-4,8H2,1H3/b6-5-. The molecule has 0 radical (unpaired) electrons. The molecule has 9 heavy (non-hydrogen) atoms. The van der Waals surface area contributed by atoms with Gasteiger partial charge < -0.3 is 11.1 Å². The average Bonchev–Trinajstić information content (AvgIpc) is 2.65. The van der Waals surface area contributed by atoms with Crippen molar-refractivity contribution in [1.82, 2.24) is 5.32 Å². The first-order valence-electron chi connectivity index (χ1n) is 3.53. The monoisotopic (exact) mass is 126 g/mol. The van der Waals surface area contributed by atoms with Crippen LogP contribution < -0.4 is 11.1 Å². The SMILES string of the molecule is CC/C(N)=C/NC1CC1. The van der Waals surface area contributed by atoms with Crippen LogP contribution in [0.2, 0.25) is 0 Å². The first-order valence-corrected chi connectivity index (χ1v) is 3.53. The molecule has 0 unspecified atom stereocenters. The summed E-state index contributed by atoms with van der Waals surface area (Å²) in [6.07, 6.45) is 5.50. The lowest BCUT2D eigenvalue weighted by Gasteiger charge is -1.97. The summed E-state index contributed by atoms with van der Waals surface area (Å²) in [6, 6.07) is 0.732. The third-order valence-corrected chi connectivity index (χ3v) is 1.49. The van der Waals surface area contributed by atoms with Gasteiger partial charge in [-0.05, 0) is 19.3 Å². The van der Waals surface area contributed by atoms with Crippen molar-refractivity contribution in [3.63, 3.8) is 0 Å². The van der Waals surface area contributed by atoms with Crippen LogP contribution in [0.3, 0.4) is 0 Å². The van der Waals surface area contributed by atoms with Crippen molar-refractivity contribution in [3.8, 4) is 0 Å². The normalized spacial score (nSPS) is 19.9. The van der Waals surface area contributed by atoms with Crippen molar-refractivity contribution in [2.24, 2.45) is 5.73 Å². The third kappa shape index (κ3) is 2.40. The maximum Gasteiger partial charge on any atom is 0.0257 e. The highest BCUT2D eigenvalue weighted by molar-refractivity contribution is 4.97. The molecule has 0 aromatic carbocycles. The molecule has 2 nitrogen and oxygen atoms in total. The summed E-state index contributed by atoms with van der Waals surface area (Å²) in [4.78, 5) is 0. The van der Waals surface area contributed by atoms with E-state index in [-0.39, 0.29) is 0 Å². The lowest BCUT2D eigenvalue weighted by Crippen LogP contribution is -2.10. The molecule has 2 heteroatoms. The van der Waals surface area contributed by atoms with Crippen LogP contribution in [0.25, 0.3) is 0 Å². The molecule has 0 aliphatic heterocycles. The van der Waals surface area contributed by atoms with Crippen molar-refractivity contribution < 1.29 is 0 Å².